The van der Waals surface area contributed by atoms with Gasteiger partial charge in [-0.15, -0.1) is 11.3 Å². The molecule has 0 fully saturated rings. The van der Waals surface area contributed by atoms with Gasteiger partial charge in [0.25, 0.3) is 5.91 Å². The molecular formula is C25H19N5O3S. The average Bonchev–Trinajstić information content (AvgIpc) is 3.58. The first-order valence-corrected chi connectivity index (χ1v) is 11.3. The lowest BCUT2D eigenvalue weighted by molar-refractivity contribution is 0.102. The number of ketones is 1. The monoisotopic (exact) mass is 469 g/mol. The maximum Gasteiger partial charge on any atom is 0.265 e. The molecule has 0 aliphatic rings. The van der Waals surface area contributed by atoms with Crippen LogP contribution in [0.4, 0.5) is 11.5 Å². The van der Waals surface area contributed by atoms with Gasteiger partial charge in [0.15, 0.2) is 17.5 Å². The van der Waals surface area contributed by atoms with Crippen LogP contribution < -0.4 is 5.32 Å². The fraction of sp³-hybridized carbons (Fsp3) is 0.0400. The SMILES string of the molecule is Cc1cc(N=Cc2c(O)[nH]c3ccc(C(=O)c4ccc(NC(=O)c5cccs5)cc4)cc23)n[nH]1. The van der Waals surface area contributed by atoms with Gasteiger partial charge in [-0.05, 0) is 60.8 Å². The first-order valence-electron chi connectivity index (χ1n) is 10.4. The number of carbonyl (C=O) groups excluding carboxylic acids is 2. The highest BCUT2D eigenvalue weighted by atomic mass is 32.1. The number of anilines is 1. The van der Waals surface area contributed by atoms with Gasteiger partial charge in [-0.2, -0.15) is 5.10 Å². The lowest BCUT2D eigenvalue weighted by atomic mass is 10.0. The molecule has 8 nitrogen and oxygen atoms in total. The zero-order valence-corrected chi connectivity index (χ0v) is 18.8. The summed E-state index contributed by atoms with van der Waals surface area (Å²) in [4.78, 5) is 33.1. The Balaban J connectivity index is 1.38. The van der Waals surface area contributed by atoms with Gasteiger partial charge in [0.1, 0.15) is 0 Å². The van der Waals surface area contributed by atoms with Crippen LogP contribution >= 0.6 is 11.3 Å². The second-order valence-electron chi connectivity index (χ2n) is 7.65. The van der Waals surface area contributed by atoms with Crippen molar-refractivity contribution in [1.82, 2.24) is 15.2 Å². The van der Waals surface area contributed by atoms with Crippen molar-refractivity contribution in [3.8, 4) is 5.88 Å². The van der Waals surface area contributed by atoms with Crippen LogP contribution in [0.15, 0.2) is 71.0 Å². The molecule has 0 aliphatic heterocycles. The number of rotatable bonds is 6. The highest BCUT2D eigenvalue weighted by molar-refractivity contribution is 7.12. The molecule has 0 atom stereocenters. The van der Waals surface area contributed by atoms with E-state index >= 15 is 0 Å². The Morgan fingerprint density at radius 3 is 2.59 bits per heavy atom. The predicted molar refractivity (Wildman–Crippen MR) is 133 cm³/mol. The summed E-state index contributed by atoms with van der Waals surface area (Å²) in [5.41, 5.74) is 3.58. The summed E-state index contributed by atoms with van der Waals surface area (Å²) >= 11 is 1.36. The van der Waals surface area contributed by atoms with Crippen molar-refractivity contribution in [2.24, 2.45) is 4.99 Å². The topological polar surface area (TPSA) is 123 Å². The Morgan fingerprint density at radius 2 is 1.88 bits per heavy atom. The molecule has 34 heavy (non-hydrogen) atoms. The molecule has 3 heterocycles. The number of H-pyrrole nitrogens is 2. The van der Waals surface area contributed by atoms with E-state index in [2.05, 4.69) is 25.5 Å². The second-order valence-corrected chi connectivity index (χ2v) is 8.60. The molecule has 1 amide bonds. The van der Waals surface area contributed by atoms with E-state index < -0.39 is 0 Å². The molecule has 5 aromatic rings. The van der Waals surface area contributed by atoms with Crippen molar-refractivity contribution in [2.45, 2.75) is 6.92 Å². The molecule has 0 saturated heterocycles. The van der Waals surface area contributed by atoms with Crippen LogP contribution in [0.2, 0.25) is 0 Å². The Labute approximate surface area is 198 Å². The van der Waals surface area contributed by atoms with E-state index in [0.717, 1.165) is 5.69 Å². The number of nitrogens with one attached hydrogen (secondary N) is 3. The number of nitrogens with zero attached hydrogens (tertiary/aromatic N) is 2. The number of benzene rings is 2. The van der Waals surface area contributed by atoms with Gasteiger partial charge in [-0.25, -0.2) is 4.99 Å². The number of aromatic nitrogens is 3. The van der Waals surface area contributed by atoms with E-state index in [1.807, 2.05) is 18.4 Å². The quantitative estimate of drug-likeness (QED) is 0.202. The number of aryl methyl sites for hydroxylation is 1. The van der Waals surface area contributed by atoms with E-state index in [-0.39, 0.29) is 17.6 Å². The van der Waals surface area contributed by atoms with Gasteiger partial charge in [0, 0.05) is 45.7 Å². The fourth-order valence-electron chi connectivity index (χ4n) is 3.54. The number of carbonyl (C=O) groups is 2. The molecule has 0 saturated carbocycles. The summed E-state index contributed by atoms with van der Waals surface area (Å²) in [6, 6.07) is 17.3. The lowest BCUT2D eigenvalue weighted by Crippen LogP contribution is -2.10. The van der Waals surface area contributed by atoms with Gasteiger partial charge in [0.05, 0.1) is 10.4 Å². The zero-order chi connectivity index (χ0) is 23.7. The minimum Gasteiger partial charge on any atom is -0.494 e. The Bertz CT molecular complexity index is 1530. The molecule has 0 radical (unpaired) electrons. The number of aromatic hydroxyl groups is 1. The number of fused-ring (bicyclic) bond motifs is 1. The van der Waals surface area contributed by atoms with Gasteiger partial charge in [-0.1, -0.05) is 6.07 Å². The van der Waals surface area contributed by atoms with Crippen LogP contribution in [-0.2, 0) is 0 Å². The summed E-state index contributed by atoms with van der Waals surface area (Å²) in [6.45, 7) is 1.87. The summed E-state index contributed by atoms with van der Waals surface area (Å²) in [6.07, 6.45) is 1.52. The third-order valence-corrected chi connectivity index (χ3v) is 6.12. The van der Waals surface area contributed by atoms with E-state index in [4.69, 9.17) is 0 Å². The zero-order valence-electron chi connectivity index (χ0n) is 18.0. The summed E-state index contributed by atoms with van der Waals surface area (Å²) in [5, 5.41) is 22.5. The van der Waals surface area contributed by atoms with Crippen molar-refractivity contribution < 1.29 is 14.7 Å². The smallest absolute Gasteiger partial charge is 0.265 e. The molecule has 0 spiro atoms. The molecule has 0 unspecified atom stereocenters. The second kappa shape index (κ2) is 8.80. The number of aromatic amines is 2. The van der Waals surface area contributed by atoms with Crippen LogP contribution in [0.25, 0.3) is 10.9 Å². The first kappa shape index (κ1) is 21.4. The molecule has 0 aliphatic carbocycles. The van der Waals surface area contributed by atoms with E-state index in [1.165, 1.54) is 17.6 Å². The number of thiophene rings is 1. The van der Waals surface area contributed by atoms with E-state index in [0.29, 0.717) is 44.0 Å². The lowest BCUT2D eigenvalue weighted by Gasteiger charge is -2.06. The summed E-state index contributed by atoms with van der Waals surface area (Å²) < 4.78 is 0. The molecule has 3 aromatic heterocycles. The molecule has 5 rings (SSSR count). The molecular weight excluding hydrogens is 450 g/mol. The predicted octanol–water partition coefficient (Wildman–Crippen LogP) is 5.20. The van der Waals surface area contributed by atoms with Crippen LogP contribution in [0.1, 0.15) is 36.9 Å². The number of hydrogen-bond donors (Lipinski definition) is 4. The molecule has 2 aromatic carbocycles. The fourth-order valence-corrected chi connectivity index (χ4v) is 4.16. The van der Waals surface area contributed by atoms with Crippen molar-refractivity contribution in [3.05, 3.63) is 93.3 Å². The minimum absolute atomic E-state index is 0.0403. The van der Waals surface area contributed by atoms with E-state index in [1.54, 1.807) is 54.6 Å². The maximum atomic E-state index is 13.1. The number of amides is 1. The van der Waals surface area contributed by atoms with Gasteiger partial charge < -0.3 is 15.4 Å². The normalized spacial score (nSPS) is 11.3. The Kier molecular flexibility index (Phi) is 5.52. The Morgan fingerprint density at radius 1 is 1.09 bits per heavy atom. The highest BCUT2D eigenvalue weighted by Gasteiger charge is 2.15. The third kappa shape index (κ3) is 4.24. The summed E-state index contributed by atoms with van der Waals surface area (Å²) in [5.74, 6) is 0.0849. The highest BCUT2D eigenvalue weighted by Crippen LogP contribution is 2.28. The molecule has 4 N–H and O–H groups in total. The first-order chi connectivity index (χ1) is 16.5. The average molecular weight is 470 g/mol. The molecule has 9 heteroatoms. The van der Waals surface area contributed by atoms with Gasteiger partial charge >= 0.3 is 0 Å². The maximum absolute atomic E-state index is 13.1. The van der Waals surface area contributed by atoms with Gasteiger partial charge in [0.2, 0.25) is 0 Å². The molecule has 0 bridgehead atoms. The van der Waals surface area contributed by atoms with Crippen molar-refractivity contribution in [2.75, 3.05) is 5.32 Å². The number of hydrogen-bond acceptors (Lipinski definition) is 6. The Hall–Kier alpha value is -4.50. The van der Waals surface area contributed by atoms with Gasteiger partial charge in [-0.3, -0.25) is 14.7 Å². The van der Waals surface area contributed by atoms with E-state index in [9.17, 15) is 14.7 Å². The van der Waals surface area contributed by atoms with Crippen LogP contribution in [0.3, 0.4) is 0 Å². The van der Waals surface area contributed by atoms with Crippen molar-refractivity contribution in [3.63, 3.8) is 0 Å². The largest absolute Gasteiger partial charge is 0.494 e. The van der Waals surface area contributed by atoms with Crippen LogP contribution in [-0.4, -0.2) is 38.2 Å². The summed E-state index contributed by atoms with van der Waals surface area (Å²) in [7, 11) is 0. The standard InChI is InChI=1S/C25H19N5O3S/c1-14-11-22(30-29-14)26-13-19-18-12-16(6-9-20(18)28-24(19)32)23(31)15-4-7-17(8-5-15)27-25(33)21-3-2-10-34-21/h2-13,28,32H,1H3,(H,27,33)(H,29,30). The van der Waals surface area contributed by atoms with Crippen LogP contribution in [0.5, 0.6) is 5.88 Å². The third-order valence-electron chi connectivity index (χ3n) is 5.25. The van der Waals surface area contributed by atoms with Crippen molar-refractivity contribution >= 4 is 51.6 Å². The van der Waals surface area contributed by atoms with Crippen LogP contribution in [0, 0.1) is 6.92 Å². The molecule has 168 valence electrons. The minimum atomic E-state index is -0.189. The van der Waals surface area contributed by atoms with Crippen molar-refractivity contribution in [1.29, 1.82) is 0 Å². The number of aliphatic imine (C=N–C) groups is 1.